The van der Waals surface area contributed by atoms with E-state index in [1.807, 2.05) is 0 Å². The van der Waals surface area contributed by atoms with Crippen LogP contribution in [0.2, 0.25) is 0 Å². The maximum absolute atomic E-state index is 12.0. The summed E-state index contributed by atoms with van der Waals surface area (Å²) in [6.45, 7) is 1.08. The van der Waals surface area contributed by atoms with E-state index in [4.69, 9.17) is 5.11 Å². The van der Waals surface area contributed by atoms with E-state index in [1.54, 1.807) is 4.90 Å². The van der Waals surface area contributed by atoms with Gasteiger partial charge in [-0.1, -0.05) is 0 Å². The number of aromatic nitrogens is 2. The molecule has 2 rings (SSSR count). The first-order chi connectivity index (χ1) is 9.97. The first-order valence-corrected chi connectivity index (χ1v) is 6.64. The molecule has 114 valence electrons. The van der Waals surface area contributed by atoms with Crippen molar-refractivity contribution >= 4 is 17.7 Å². The Bertz CT molecular complexity index is 556. The maximum Gasteiger partial charge on any atom is 0.381 e. The van der Waals surface area contributed by atoms with Crippen LogP contribution < -0.4 is 0 Å². The number of aliphatic carboxylic acids is 1. The van der Waals surface area contributed by atoms with Crippen molar-refractivity contribution < 1.29 is 19.6 Å². The smallest absolute Gasteiger partial charge is 0.381 e. The highest BCUT2D eigenvalue weighted by atomic mass is 16.6. The number of aryl methyl sites for hydroxylation is 1. The second-order valence-corrected chi connectivity index (χ2v) is 4.99. The number of hydrogen-bond acceptors (Lipinski definition) is 5. The molecular formula is C12H16N4O5. The summed E-state index contributed by atoms with van der Waals surface area (Å²) in [6.07, 6.45) is 4.01. The number of hydrogen-bond donors (Lipinski definition) is 1. The van der Waals surface area contributed by atoms with Crippen LogP contribution in [0, 0.1) is 16.0 Å². The highest BCUT2D eigenvalue weighted by Crippen LogP contribution is 2.17. The van der Waals surface area contributed by atoms with Crippen molar-refractivity contribution in [2.24, 2.45) is 5.92 Å². The van der Waals surface area contributed by atoms with Gasteiger partial charge in [-0.05, 0) is 22.7 Å². The fourth-order valence-electron chi connectivity index (χ4n) is 2.35. The van der Waals surface area contributed by atoms with Gasteiger partial charge in [-0.15, -0.1) is 0 Å². The van der Waals surface area contributed by atoms with Gasteiger partial charge in [0.15, 0.2) is 0 Å². The number of piperidine rings is 1. The van der Waals surface area contributed by atoms with Gasteiger partial charge in [0.05, 0.1) is 5.92 Å². The molecule has 9 nitrogen and oxygen atoms in total. The number of carboxylic acids is 1. The van der Waals surface area contributed by atoms with Crippen molar-refractivity contribution in [2.45, 2.75) is 25.8 Å². The maximum atomic E-state index is 12.0. The number of imidazole rings is 1. The van der Waals surface area contributed by atoms with Crippen LogP contribution in [0.15, 0.2) is 12.5 Å². The number of nitrogens with zero attached hydrogens (tertiary/aromatic N) is 4. The van der Waals surface area contributed by atoms with E-state index >= 15 is 0 Å². The topological polar surface area (TPSA) is 119 Å². The van der Waals surface area contributed by atoms with Gasteiger partial charge >= 0.3 is 11.8 Å². The van der Waals surface area contributed by atoms with Crippen LogP contribution in [0.3, 0.4) is 0 Å². The molecule has 1 aliphatic heterocycles. The predicted molar refractivity (Wildman–Crippen MR) is 70.4 cm³/mol. The quantitative estimate of drug-likeness (QED) is 0.624. The van der Waals surface area contributed by atoms with E-state index in [2.05, 4.69) is 4.98 Å². The average Bonchev–Trinajstić information content (AvgIpc) is 2.94. The van der Waals surface area contributed by atoms with Gasteiger partial charge in [0, 0.05) is 26.1 Å². The highest BCUT2D eigenvalue weighted by molar-refractivity contribution is 5.78. The number of carbonyl (C=O) groups is 2. The number of nitro groups is 1. The largest absolute Gasteiger partial charge is 0.481 e. The Balaban J connectivity index is 1.86. The molecule has 21 heavy (non-hydrogen) atoms. The van der Waals surface area contributed by atoms with Crippen LogP contribution in [0.5, 0.6) is 0 Å². The standard InChI is InChI=1S/C12H16N4O5/c17-11(15-4-1-2-9(6-15)12(18)19)3-5-14-7-10(13-8-14)16(20)21/h7-9H,1-6H2,(H,18,19)/t9-/m0/s1. The third kappa shape index (κ3) is 3.77. The number of amides is 1. The van der Waals surface area contributed by atoms with E-state index in [0.29, 0.717) is 19.4 Å². The highest BCUT2D eigenvalue weighted by Gasteiger charge is 2.27. The molecule has 1 aromatic heterocycles. The molecule has 0 bridgehead atoms. The summed E-state index contributed by atoms with van der Waals surface area (Å²) in [5.74, 6) is -1.78. The molecule has 0 aromatic carbocycles. The number of likely N-dealkylation sites (tertiary alicyclic amines) is 1. The molecular weight excluding hydrogens is 280 g/mol. The normalized spacial score (nSPS) is 18.5. The molecule has 0 aliphatic carbocycles. The van der Waals surface area contributed by atoms with Gasteiger partial charge in [0.25, 0.3) is 0 Å². The molecule has 0 spiro atoms. The predicted octanol–water partition coefficient (Wildman–Crippen LogP) is 0.505. The first kappa shape index (κ1) is 14.9. The molecule has 1 saturated heterocycles. The lowest BCUT2D eigenvalue weighted by Gasteiger charge is -2.30. The molecule has 0 radical (unpaired) electrons. The Hall–Kier alpha value is -2.45. The Kier molecular flexibility index (Phi) is 4.51. The van der Waals surface area contributed by atoms with E-state index < -0.39 is 16.8 Å². The Morgan fingerprint density at radius 1 is 1.52 bits per heavy atom. The van der Waals surface area contributed by atoms with Crippen LogP contribution in [0.1, 0.15) is 19.3 Å². The second-order valence-electron chi connectivity index (χ2n) is 4.99. The SMILES string of the molecule is O=C(O)[C@H]1CCCN(C(=O)CCn2cnc([N+](=O)[O-])c2)C1. The summed E-state index contributed by atoms with van der Waals surface area (Å²) >= 11 is 0. The summed E-state index contributed by atoms with van der Waals surface area (Å²) in [7, 11) is 0. The summed E-state index contributed by atoms with van der Waals surface area (Å²) in [5, 5.41) is 19.5. The van der Waals surface area contributed by atoms with Crippen LogP contribution in [-0.4, -0.2) is 49.4 Å². The van der Waals surface area contributed by atoms with E-state index in [-0.39, 0.29) is 31.2 Å². The fraction of sp³-hybridized carbons (Fsp3) is 0.583. The van der Waals surface area contributed by atoms with Gasteiger partial charge in [-0.2, -0.15) is 0 Å². The van der Waals surface area contributed by atoms with E-state index in [9.17, 15) is 19.7 Å². The molecule has 1 atom stereocenters. The van der Waals surface area contributed by atoms with Crippen molar-refractivity contribution in [3.63, 3.8) is 0 Å². The summed E-state index contributed by atoms with van der Waals surface area (Å²) in [6, 6.07) is 0. The number of carboxylic acid groups (broad SMARTS) is 1. The third-order valence-electron chi connectivity index (χ3n) is 3.51. The van der Waals surface area contributed by atoms with Gasteiger partial charge in [0.2, 0.25) is 12.2 Å². The lowest BCUT2D eigenvalue weighted by atomic mass is 9.98. The summed E-state index contributed by atoms with van der Waals surface area (Å²) in [4.78, 5) is 38.1. The third-order valence-corrected chi connectivity index (χ3v) is 3.51. The fourth-order valence-corrected chi connectivity index (χ4v) is 2.35. The molecule has 0 saturated carbocycles. The zero-order valence-electron chi connectivity index (χ0n) is 11.3. The van der Waals surface area contributed by atoms with Crippen molar-refractivity contribution in [1.82, 2.24) is 14.5 Å². The van der Waals surface area contributed by atoms with Gasteiger partial charge in [0.1, 0.15) is 6.20 Å². The lowest BCUT2D eigenvalue weighted by molar-refractivity contribution is -0.389. The van der Waals surface area contributed by atoms with E-state index in [0.717, 1.165) is 0 Å². The minimum Gasteiger partial charge on any atom is -0.481 e. The summed E-state index contributed by atoms with van der Waals surface area (Å²) in [5.41, 5.74) is 0. The van der Waals surface area contributed by atoms with Crippen LogP contribution in [0.25, 0.3) is 0 Å². The van der Waals surface area contributed by atoms with Crippen molar-refractivity contribution in [3.8, 4) is 0 Å². The van der Waals surface area contributed by atoms with Crippen LogP contribution in [-0.2, 0) is 16.1 Å². The molecule has 1 amide bonds. The monoisotopic (exact) mass is 296 g/mol. The van der Waals surface area contributed by atoms with Crippen molar-refractivity contribution in [1.29, 1.82) is 0 Å². The number of rotatable bonds is 5. The molecule has 1 aromatic rings. The van der Waals surface area contributed by atoms with Crippen molar-refractivity contribution in [2.75, 3.05) is 13.1 Å². The minimum atomic E-state index is -0.877. The van der Waals surface area contributed by atoms with Crippen LogP contribution in [0.4, 0.5) is 5.82 Å². The van der Waals surface area contributed by atoms with Gasteiger partial charge in [-0.3, -0.25) is 9.59 Å². The molecule has 2 heterocycles. The van der Waals surface area contributed by atoms with Crippen LogP contribution >= 0.6 is 0 Å². The Morgan fingerprint density at radius 3 is 2.90 bits per heavy atom. The molecule has 9 heteroatoms. The molecule has 1 N–H and O–H groups in total. The first-order valence-electron chi connectivity index (χ1n) is 6.64. The van der Waals surface area contributed by atoms with Gasteiger partial charge < -0.3 is 24.7 Å². The number of carbonyl (C=O) groups excluding carboxylic acids is 1. The summed E-state index contributed by atoms with van der Waals surface area (Å²) < 4.78 is 1.48. The lowest BCUT2D eigenvalue weighted by Crippen LogP contribution is -2.42. The molecule has 1 fully saturated rings. The molecule has 0 unspecified atom stereocenters. The van der Waals surface area contributed by atoms with Gasteiger partial charge in [-0.25, -0.2) is 0 Å². The average molecular weight is 296 g/mol. The van der Waals surface area contributed by atoms with E-state index in [1.165, 1.54) is 17.1 Å². The minimum absolute atomic E-state index is 0.141. The zero-order chi connectivity index (χ0) is 15.4. The zero-order valence-corrected chi connectivity index (χ0v) is 11.3. The van der Waals surface area contributed by atoms with Crippen molar-refractivity contribution in [3.05, 3.63) is 22.6 Å². The Morgan fingerprint density at radius 2 is 2.29 bits per heavy atom. The Labute approximate surface area is 120 Å². The second kappa shape index (κ2) is 6.33. The molecule has 1 aliphatic rings.